The van der Waals surface area contributed by atoms with Gasteiger partial charge in [-0.1, -0.05) is 12.1 Å². The predicted molar refractivity (Wildman–Crippen MR) is 69.9 cm³/mol. The molecule has 1 aliphatic rings. The lowest BCUT2D eigenvalue weighted by molar-refractivity contribution is -0.387. The monoisotopic (exact) mass is 299 g/mol. The molecule has 0 aliphatic carbocycles. The van der Waals surface area contributed by atoms with Crippen molar-refractivity contribution in [2.75, 3.05) is 5.75 Å². The zero-order valence-corrected chi connectivity index (χ0v) is 11.2. The van der Waals surface area contributed by atoms with E-state index < -0.39 is 33.9 Å². The summed E-state index contributed by atoms with van der Waals surface area (Å²) in [5.74, 6) is -0.974. The van der Waals surface area contributed by atoms with Crippen LogP contribution in [0.3, 0.4) is 0 Å². The first-order valence-electron chi connectivity index (χ1n) is 5.99. The number of carboxylic acids is 1. The number of carboxylic acid groups (broad SMARTS) is 1. The van der Waals surface area contributed by atoms with Crippen LogP contribution in [0.4, 0.5) is 5.69 Å². The van der Waals surface area contributed by atoms with Crippen LogP contribution in [0.15, 0.2) is 29.2 Å². The summed E-state index contributed by atoms with van der Waals surface area (Å²) in [6, 6.07) is 5.82. The normalized spacial score (nSPS) is 23.4. The van der Waals surface area contributed by atoms with Crippen LogP contribution in [-0.2, 0) is 20.3 Å². The van der Waals surface area contributed by atoms with Crippen LogP contribution >= 0.6 is 0 Å². The molecule has 1 fully saturated rings. The van der Waals surface area contributed by atoms with Gasteiger partial charge in [-0.25, -0.2) is 4.79 Å². The Bertz CT molecular complexity index is 561. The summed E-state index contributed by atoms with van der Waals surface area (Å²) < 4.78 is 17.4. The van der Waals surface area contributed by atoms with E-state index >= 15 is 0 Å². The number of aliphatic carboxylic acids is 1. The van der Waals surface area contributed by atoms with Gasteiger partial charge in [0.25, 0.3) is 5.69 Å². The molecule has 0 amide bonds. The van der Waals surface area contributed by atoms with Gasteiger partial charge in [0.2, 0.25) is 0 Å². The molecular formula is C12H13NO6S. The van der Waals surface area contributed by atoms with E-state index in [0.717, 1.165) is 0 Å². The smallest absolute Gasteiger partial charge is 0.332 e. The molecule has 8 heteroatoms. The lowest BCUT2D eigenvalue weighted by Crippen LogP contribution is -2.23. The van der Waals surface area contributed by atoms with E-state index in [2.05, 4.69) is 0 Å². The predicted octanol–water partition coefficient (Wildman–Crippen LogP) is 1.33. The van der Waals surface area contributed by atoms with Crippen LogP contribution < -0.4 is 0 Å². The Morgan fingerprint density at radius 3 is 2.75 bits per heavy atom. The van der Waals surface area contributed by atoms with Crippen molar-refractivity contribution in [3.8, 4) is 0 Å². The number of carbonyl (C=O) groups is 1. The summed E-state index contributed by atoms with van der Waals surface area (Å²) in [5.41, 5.74) is -0.196. The van der Waals surface area contributed by atoms with Crippen molar-refractivity contribution in [1.29, 1.82) is 0 Å². The summed E-state index contributed by atoms with van der Waals surface area (Å²) in [4.78, 5) is 21.2. The maximum atomic E-state index is 12.2. The molecule has 1 saturated heterocycles. The number of nitrogens with zero attached hydrogens (tertiary/aromatic N) is 1. The zero-order valence-electron chi connectivity index (χ0n) is 10.4. The topological polar surface area (TPSA) is 107 Å². The number of hydrogen-bond acceptors (Lipinski definition) is 5. The summed E-state index contributed by atoms with van der Waals surface area (Å²) in [6.07, 6.45) is -0.461. The number of hydrogen-bond donors (Lipinski definition) is 1. The molecule has 1 heterocycles. The molecule has 1 N–H and O–H groups in total. The van der Waals surface area contributed by atoms with Crippen molar-refractivity contribution in [2.24, 2.45) is 0 Å². The average molecular weight is 299 g/mol. The fourth-order valence-electron chi connectivity index (χ4n) is 2.07. The lowest BCUT2D eigenvalue weighted by atomic mass is 10.2. The van der Waals surface area contributed by atoms with Crippen LogP contribution in [0.5, 0.6) is 0 Å². The molecule has 20 heavy (non-hydrogen) atoms. The minimum absolute atomic E-state index is 0.0641. The van der Waals surface area contributed by atoms with Crippen LogP contribution in [-0.4, -0.2) is 38.2 Å². The van der Waals surface area contributed by atoms with E-state index in [4.69, 9.17) is 9.84 Å². The third-order valence-corrected chi connectivity index (χ3v) is 4.54. The highest BCUT2D eigenvalue weighted by molar-refractivity contribution is 7.85. The average Bonchev–Trinajstić information content (AvgIpc) is 2.87. The minimum Gasteiger partial charge on any atom is -0.479 e. The number of nitro groups is 1. The number of benzene rings is 1. The summed E-state index contributed by atoms with van der Waals surface area (Å²) in [6.45, 7) is 0. The maximum Gasteiger partial charge on any atom is 0.332 e. The molecule has 0 bridgehead atoms. The maximum absolute atomic E-state index is 12.2. The second-order valence-corrected chi connectivity index (χ2v) is 5.86. The van der Waals surface area contributed by atoms with Crippen molar-refractivity contribution in [1.82, 2.24) is 0 Å². The first kappa shape index (κ1) is 14.6. The molecule has 3 atom stereocenters. The fraction of sp³-hybridized carbons (Fsp3) is 0.417. The third kappa shape index (κ3) is 3.20. The van der Waals surface area contributed by atoms with E-state index in [0.29, 0.717) is 12.8 Å². The van der Waals surface area contributed by atoms with Crippen LogP contribution in [0.1, 0.15) is 12.8 Å². The van der Waals surface area contributed by atoms with Gasteiger partial charge in [0.15, 0.2) is 6.10 Å². The van der Waals surface area contributed by atoms with Crippen molar-refractivity contribution in [2.45, 2.75) is 29.9 Å². The number of rotatable bonds is 5. The van der Waals surface area contributed by atoms with Crippen molar-refractivity contribution >= 4 is 22.5 Å². The highest BCUT2D eigenvalue weighted by Gasteiger charge is 2.32. The van der Waals surface area contributed by atoms with E-state index in [-0.39, 0.29) is 16.3 Å². The fourth-order valence-corrected chi connectivity index (χ4v) is 3.44. The van der Waals surface area contributed by atoms with Gasteiger partial charge in [0.1, 0.15) is 4.90 Å². The van der Waals surface area contributed by atoms with Gasteiger partial charge >= 0.3 is 5.97 Å². The molecule has 7 nitrogen and oxygen atoms in total. The van der Waals surface area contributed by atoms with Crippen LogP contribution in [0.25, 0.3) is 0 Å². The molecular weight excluding hydrogens is 286 g/mol. The van der Waals surface area contributed by atoms with E-state index in [1.165, 1.54) is 18.2 Å². The van der Waals surface area contributed by atoms with Gasteiger partial charge in [0, 0.05) is 6.07 Å². The van der Waals surface area contributed by atoms with Crippen molar-refractivity contribution < 1.29 is 23.8 Å². The zero-order chi connectivity index (χ0) is 14.7. The molecule has 0 aromatic heterocycles. The molecule has 0 saturated carbocycles. The van der Waals surface area contributed by atoms with Gasteiger partial charge in [0.05, 0.1) is 27.6 Å². The van der Waals surface area contributed by atoms with Crippen molar-refractivity contribution in [3.63, 3.8) is 0 Å². The van der Waals surface area contributed by atoms with Crippen molar-refractivity contribution in [3.05, 3.63) is 34.4 Å². The molecule has 2 rings (SSSR count). The van der Waals surface area contributed by atoms with Gasteiger partial charge in [-0.05, 0) is 18.9 Å². The molecule has 1 aromatic carbocycles. The second-order valence-electron chi connectivity index (χ2n) is 4.40. The highest BCUT2D eigenvalue weighted by Crippen LogP contribution is 2.26. The molecule has 1 aromatic rings. The standard InChI is InChI=1S/C12H13NO6S/c14-12(15)10-6-5-8(19-10)7-20(18)11-4-2-1-3-9(11)13(16)17/h1-4,8,10H,5-7H2,(H,14,15). The Labute approximate surface area is 117 Å². The Balaban J connectivity index is 2.06. The minimum atomic E-state index is -1.59. The Morgan fingerprint density at radius 2 is 2.15 bits per heavy atom. The quantitative estimate of drug-likeness (QED) is 0.649. The second kappa shape index (κ2) is 6.10. The first-order valence-corrected chi connectivity index (χ1v) is 7.31. The molecule has 3 unspecified atom stereocenters. The first-order chi connectivity index (χ1) is 9.49. The molecule has 108 valence electrons. The Kier molecular flexibility index (Phi) is 4.46. The van der Waals surface area contributed by atoms with Gasteiger partial charge in [-0.15, -0.1) is 0 Å². The lowest BCUT2D eigenvalue weighted by Gasteiger charge is -2.10. The number of ether oxygens (including phenoxy) is 1. The van der Waals surface area contributed by atoms with Gasteiger partial charge in [-0.3, -0.25) is 14.3 Å². The summed E-state index contributed by atoms with van der Waals surface area (Å²) in [7, 11) is -1.59. The van der Waals surface area contributed by atoms with E-state index in [1.54, 1.807) is 6.07 Å². The number of nitro benzene ring substituents is 1. The Hall–Kier alpha value is -1.80. The molecule has 0 spiro atoms. The Morgan fingerprint density at radius 1 is 1.45 bits per heavy atom. The summed E-state index contributed by atoms with van der Waals surface area (Å²) in [5, 5.41) is 19.7. The van der Waals surface area contributed by atoms with E-state index in [1.807, 2.05) is 0 Å². The SMILES string of the molecule is O=C(O)C1CCC(CS(=O)c2ccccc2[N+](=O)[O-])O1. The number of para-hydroxylation sites is 1. The summed E-state index contributed by atoms with van der Waals surface area (Å²) >= 11 is 0. The van der Waals surface area contributed by atoms with Crippen LogP contribution in [0.2, 0.25) is 0 Å². The van der Waals surface area contributed by atoms with Gasteiger partial charge < -0.3 is 9.84 Å². The largest absolute Gasteiger partial charge is 0.479 e. The molecule has 1 aliphatic heterocycles. The van der Waals surface area contributed by atoms with E-state index in [9.17, 15) is 19.1 Å². The van der Waals surface area contributed by atoms with Gasteiger partial charge in [-0.2, -0.15) is 0 Å². The highest BCUT2D eigenvalue weighted by atomic mass is 32.2. The third-order valence-electron chi connectivity index (χ3n) is 3.03. The molecule has 0 radical (unpaired) electrons. The van der Waals surface area contributed by atoms with Crippen LogP contribution in [0, 0.1) is 10.1 Å².